The summed E-state index contributed by atoms with van der Waals surface area (Å²) < 4.78 is 112. The lowest BCUT2D eigenvalue weighted by Crippen LogP contribution is -2.58. The lowest BCUT2D eigenvalue weighted by molar-refractivity contribution is -0.354. The number of rotatable bonds is 2. The Kier molecular flexibility index (Phi) is 3.16. The van der Waals surface area contributed by atoms with Gasteiger partial charge in [0.1, 0.15) is 0 Å². The number of hydrogen-bond acceptors (Lipinski definition) is 3. The highest BCUT2D eigenvalue weighted by Gasteiger charge is 2.77. The molecule has 11 heteroatoms. The molecule has 17 heavy (non-hydrogen) atoms. The number of alkyl halides is 7. The van der Waals surface area contributed by atoms with Crippen LogP contribution in [0, 0.1) is 0 Å². The van der Waals surface area contributed by atoms with Gasteiger partial charge in [-0.3, -0.25) is 4.18 Å². The van der Waals surface area contributed by atoms with Gasteiger partial charge in [0.05, 0.1) is 6.61 Å². The third kappa shape index (κ3) is 2.09. The van der Waals surface area contributed by atoms with E-state index in [9.17, 15) is 39.2 Å². The molecule has 0 radical (unpaired) electrons. The molecule has 0 aliphatic carbocycles. The van der Waals surface area contributed by atoms with Crippen molar-refractivity contribution in [2.45, 2.75) is 29.7 Å². The normalized spacial score (nSPS) is 26.2. The molecular weight excluding hydrogens is 285 g/mol. The van der Waals surface area contributed by atoms with E-state index in [-0.39, 0.29) is 0 Å². The zero-order valence-electron chi connectivity index (χ0n) is 7.77. The Morgan fingerprint density at radius 2 is 1.47 bits per heavy atom. The summed E-state index contributed by atoms with van der Waals surface area (Å²) in [6.07, 6.45) is -7.67. The Bertz CT molecular complexity index is 398. The van der Waals surface area contributed by atoms with Crippen LogP contribution in [0.3, 0.4) is 0 Å². The van der Waals surface area contributed by atoms with E-state index in [4.69, 9.17) is 0 Å². The van der Waals surface area contributed by atoms with Gasteiger partial charge in [-0.2, -0.15) is 39.2 Å². The van der Waals surface area contributed by atoms with Crippen molar-refractivity contribution in [2.24, 2.45) is 0 Å². The molecule has 1 rings (SSSR count). The Labute approximate surface area is 90.7 Å². The molecule has 1 unspecified atom stereocenters. The summed E-state index contributed by atoms with van der Waals surface area (Å²) in [4.78, 5) is 0. The van der Waals surface area contributed by atoms with Crippen LogP contribution in [0.4, 0.5) is 30.7 Å². The van der Waals surface area contributed by atoms with E-state index in [0.29, 0.717) is 0 Å². The van der Waals surface area contributed by atoms with Gasteiger partial charge in [-0.05, 0) is 6.42 Å². The largest absolute Gasteiger partial charge is 0.459 e. The van der Waals surface area contributed by atoms with Crippen molar-refractivity contribution in [1.29, 1.82) is 0 Å². The summed E-state index contributed by atoms with van der Waals surface area (Å²) in [6, 6.07) is 0. The van der Waals surface area contributed by atoms with Gasteiger partial charge in [-0.25, -0.2) is 0 Å². The number of halogens is 7. The van der Waals surface area contributed by atoms with Crippen molar-refractivity contribution in [1.82, 2.24) is 0 Å². The van der Waals surface area contributed by atoms with Gasteiger partial charge in [-0.1, -0.05) is 0 Å². The van der Waals surface area contributed by atoms with E-state index in [2.05, 4.69) is 4.18 Å². The van der Waals surface area contributed by atoms with Crippen LogP contribution in [0.1, 0.15) is 6.42 Å². The van der Waals surface area contributed by atoms with Crippen LogP contribution in [0.15, 0.2) is 0 Å². The minimum absolute atomic E-state index is 0.851. The molecule has 0 spiro atoms. The van der Waals surface area contributed by atoms with Gasteiger partial charge in [0.25, 0.3) is 10.1 Å². The Balaban J connectivity index is 3.20. The molecule has 0 amide bonds. The van der Waals surface area contributed by atoms with Crippen LogP contribution in [-0.2, 0) is 14.3 Å². The molecule has 0 saturated carbocycles. The van der Waals surface area contributed by atoms with Crippen LogP contribution in [0.5, 0.6) is 0 Å². The SMILES string of the molecule is O=S1(=O)OCCC1C(F)(F)C(F)(F)C(F)(F)F. The van der Waals surface area contributed by atoms with Crippen molar-refractivity contribution in [3.8, 4) is 0 Å². The maximum absolute atomic E-state index is 13.0. The monoisotopic (exact) mass is 290 g/mol. The fraction of sp³-hybridized carbons (Fsp3) is 1.00. The summed E-state index contributed by atoms with van der Waals surface area (Å²) >= 11 is 0. The highest BCUT2D eigenvalue weighted by atomic mass is 32.2. The summed E-state index contributed by atoms with van der Waals surface area (Å²) in [5.41, 5.74) is 0. The minimum Gasteiger partial charge on any atom is -0.270 e. The van der Waals surface area contributed by atoms with Crippen LogP contribution in [-0.4, -0.2) is 38.3 Å². The van der Waals surface area contributed by atoms with Crippen molar-refractivity contribution in [3.63, 3.8) is 0 Å². The van der Waals surface area contributed by atoms with Crippen LogP contribution in [0.2, 0.25) is 0 Å². The molecule has 3 nitrogen and oxygen atoms in total. The zero-order chi connectivity index (χ0) is 13.7. The maximum atomic E-state index is 13.0. The molecule has 1 aliphatic heterocycles. The highest BCUT2D eigenvalue weighted by Crippen LogP contribution is 2.51. The topological polar surface area (TPSA) is 43.4 Å². The van der Waals surface area contributed by atoms with Gasteiger partial charge in [0, 0.05) is 0 Å². The fourth-order valence-electron chi connectivity index (χ4n) is 1.25. The van der Waals surface area contributed by atoms with Crippen molar-refractivity contribution in [2.75, 3.05) is 6.61 Å². The Morgan fingerprint density at radius 3 is 1.76 bits per heavy atom. The lowest BCUT2D eigenvalue weighted by Gasteiger charge is -2.30. The van der Waals surface area contributed by atoms with E-state index >= 15 is 0 Å². The summed E-state index contributed by atoms with van der Waals surface area (Å²) in [6.45, 7) is -0.851. The van der Waals surface area contributed by atoms with E-state index in [1.807, 2.05) is 0 Å². The van der Waals surface area contributed by atoms with Crippen molar-refractivity contribution >= 4 is 10.1 Å². The third-order valence-corrected chi connectivity index (χ3v) is 3.88. The molecule has 1 heterocycles. The first-order chi connectivity index (χ1) is 7.34. The van der Waals surface area contributed by atoms with E-state index in [0.717, 1.165) is 0 Å². The van der Waals surface area contributed by atoms with Gasteiger partial charge in [-0.15, -0.1) is 0 Å². The van der Waals surface area contributed by atoms with E-state index < -0.39 is 46.4 Å². The molecule has 0 N–H and O–H groups in total. The molecule has 0 aromatic rings. The van der Waals surface area contributed by atoms with Crippen molar-refractivity contribution < 1.29 is 43.3 Å². The average molecular weight is 290 g/mol. The summed E-state index contributed by atoms with van der Waals surface area (Å²) in [5.74, 6) is -12.2. The Morgan fingerprint density at radius 1 is 1.00 bits per heavy atom. The van der Waals surface area contributed by atoms with Gasteiger partial charge >= 0.3 is 18.0 Å². The predicted octanol–water partition coefficient (Wildman–Crippen LogP) is 1.94. The van der Waals surface area contributed by atoms with Crippen LogP contribution in [0.25, 0.3) is 0 Å². The summed E-state index contributed by atoms with van der Waals surface area (Å²) in [7, 11) is -5.12. The minimum atomic E-state index is -6.55. The molecular formula is C6H5F7O3S. The average Bonchev–Trinajstić information content (AvgIpc) is 2.43. The lowest BCUT2D eigenvalue weighted by atomic mass is 10.1. The third-order valence-electron chi connectivity index (χ3n) is 2.16. The maximum Gasteiger partial charge on any atom is 0.459 e. The Hall–Kier alpha value is -0.580. The van der Waals surface area contributed by atoms with Crippen LogP contribution < -0.4 is 0 Å². The second-order valence-corrected chi connectivity index (χ2v) is 5.08. The first-order valence-electron chi connectivity index (χ1n) is 4.04. The van der Waals surface area contributed by atoms with Gasteiger partial charge in [0.15, 0.2) is 5.25 Å². The second kappa shape index (κ2) is 3.70. The quantitative estimate of drug-likeness (QED) is 0.576. The molecule has 0 aromatic heterocycles. The van der Waals surface area contributed by atoms with E-state index in [1.54, 1.807) is 0 Å². The molecule has 0 bridgehead atoms. The first-order valence-corrected chi connectivity index (χ1v) is 5.52. The van der Waals surface area contributed by atoms with Crippen LogP contribution >= 0.6 is 0 Å². The highest BCUT2D eigenvalue weighted by molar-refractivity contribution is 7.87. The summed E-state index contributed by atoms with van der Waals surface area (Å²) in [5, 5.41) is -3.20. The molecule has 1 aliphatic rings. The second-order valence-electron chi connectivity index (χ2n) is 3.29. The molecule has 1 saturated heterocycles. The van der Waals surface area contributed by atoms with Gasteiger partial charge in [0.2, 0.25) is 0 Å². The smallest absolute Gasteiger partial charge is 0.270 e. The van der Waals surface area contributed by atoms with Gasteiger partial charge < -0.3 is 0 Å². The number of hydrogen-bond donors (Lipinski definition) is 0. The van der Waals surface area contributed by atoms with E-state index in [1.165, 1.54) is 0 Å². The first kappa shape index (κ1) is 14.5. The standard InChI is InChI=1S/C6H5F7O3S/c7-4(8,5(9,10)6(11,12)13)3-1-2-16-17(3,14)15/h3H,1-2H2. The molecule has 1 fully saturated rings. The zero-order valence-corrected chi connectivity index (χ0v) is 8.59. The predicted molar refractivity (Wildman–Crippen MR) is 39.2 cm³/mol. The molecule has 1 atom stereocenters. The molecule has 0 aromatic carbocycles. The van der Waals surface area contributed by atoms with Crippen molar-refractivity contribution in [3.05, 3.63) is 0 Å². The fourth-order valence-corrected chi connectivity index (χ4v) is 2.64. The molecule has 102 valence electrons.